The summed E-state index contributed by atoms with van der Waals surface area (Å²) in [7, 11) is -7.53. The highest BCUT2D eigenvalue weighted by atomic mass is 32.2. The second-order valence-corrected chi connectivity index (χ2v) is 9.32. The summed E-state index contributed by atoms with van der Waals surface area (Å²) in [4.78, 5) is -0.0451. The van der Waals surface area contributed by atoms with Crippen molar-refractivity contribution < 1.29 is 21.2 Å². The van der Waals surface area contributed by atoms with E-state index in [1.165, 1.54) is 46.8 Å². The van der Waals surface area contributed by atoms with Crippen LogP contribution in [0.2, 0.25) is 0 Å². The molecule has 1 aliphatic heterocycles. The zero-order valence-electron chi connectivity index (χ0n) is 13.2. The standard InChI is InChI=1S/C16H17FN2O4S2/c17-13-4-3-5-14(12-13)18-24(20,21)15-6-8-16(9-7-15)25(22,23)19-10-1-2-11-19/h3-9,12,18H,1-2,10-11H2. The fraction of sp³-hybridized carbons (Fsp3) is 0.250. The maximum atomic E-state index is 13.2. The fourth-order valence-corrected chi connectivity index (χ4v) is 5.20. The summed E-state index contributed by atoms with van der Waals surface area (Å²) in [6, 6.07) is 10.1. The van der Waals surface area contributed by atoms with Crippen molar-refractivity contribution in [3.05, 3.63) is 54.3 Å². The molecule has 2 aromatic rings. The lowest BCUT2D eigenvalue weighted by Gasteiger charge is -2.15. The maximum Gasteiger partial charge on any atom is 0.261 e. The van der Waals surface area contributed by atoms with Gasteiger partial charge in [0.25, 0.3) is 10.0 Å². The Hall–Kier alpha value is -1.97. The van der Waals surface area contributed by atoms with E-state index < -0.39 is 25.9 Å². The van der Waals surface area contributed by atoms with Crippen LogP contribution in [0.3, 0.4) is 0 Å². The Balaban J connectivity index is 1.84. The van der Waals surface area contributed by atoms with Gasteiger partial charge in [0.2, 0.25) is 10.0 Å². The van der Waals surface area contributed by atoms with E-state index in [1.54, 1.807) is 0 Å². The van der Waals surface area contributed by atoms with Gasteiger partial charge >= 0.3 is 0 Å². The molecule has 0 saturated carbocycles. The Bertz CT molecular complexity index is 967. The number of hydrogen-bond donors (Lipinski definition) is 1. The van der Waals surface area contributed by atoms with Gasteiger partial charge in [0, 0.05) is 13.1 Å². The summed E-state index contributed by atoms with van der Waals surface area (Å²) < 4.78 is 66.4. The van der Waals surface area contributed by atoms with Crippen LogP contribution in [0.1, 0.15) is 12.8 Å². The minimum absolute atomic E-state index is 0.0547. The summed E-state index contributed by atoms with van der Waals surface area (Å²) in [5.74, 6) is -0.563. The molecule has 1 fully saturated rings. The van der Waals surface area contributed by atoms with E-state index in [2.05, 4.69) is 4.72 Å². The number of anilines is 1. The second-order valence-electron chi connectivity index (χ2n) is 5.70. The number of benzene rings is 2. The maximum absolute atomic E-state index is 13.2. The fourth-order valence-electron chi connectivity index (χ4n) is 2.63. The first-order valence-corrected chi connectivity index (χ1v) is 10.6. The van der Waals surface area contributed by atoms with Gasteiger partial charge in [-0.05, 0) is 55.3 Å². The number of sulfonamides is 2. The molecule has 3 rings (SSSR count). The molecular weight excluding hydrogens is 367 g/mol. The first-order valence-electron chi connectivity index (χ1n) is 7.68. The molecular formula is C16H17FN2O4S2. The summed E-state index contributed by atoms with van der Waals surface area (Å²) in [6.07, 6.45) is 1.65. The topological polar surface area (TPSA) is 83.5 Å². The number of halogens is 1. The molecule has 0 atom stereocenters. The van der Waals surface area contributed by atoms with Crippen molar-refractivity contribution in [2.75, 3.05) is 17.8 Å². The van der Waals surface area contributed by atoms with E-state index in [-0.39, 0.29) is 15.5 Å². The summed E-state index contributed by atoms with van der Waals surface area (Å²) in [5.41, 5.74) is 0.0914. The SMILES string of the molecule is O=S(=O)(Nc1cccc(F)c1)c1ccc(S(=O)(=O)N2CCCC2)cc1. The molecule has 0 radical (unpaired) electrons. The average Bonchev–Trinajstić information content (AvgIpc) is 3.10. The minimum Gasteiger partial charge on any atom is -0.280 e. The van der Waals surface area contributed by atoms with E-state index in [0.717, 1.165) is 18.9 Å². The van der Waals surface area contributed by atoms with E-state index in [0.29, 0.717) is 13.1 Å². The van der Waals surface area contributed by atoms with E-state index in [1.807, 2.05) is 0 Å². The van der Waals surface area contributed by atoms with Crippen LogP contribution >= 0.6 is 0 Å². The lowest BCUT2D eigenvalue weighted by atomic mass is 10.3. The molecule has 1 aliphatic rings. The lowest BCUT2D eigenvalue weighted by Crippen LogP contribution is -2.27. The third-order valence-corrected chi connectivity index (χ3v) is 7.22. The Morgan fingerprint density at radius 1 is 0.880 bits per heavy atom. The summed E-state index contributed by atoms with van der Waals surface area (Å²) in [6.45, 7) is 0.951. The summed E-state index contributed by atoms with van der Waals surface area (Å²) in [5, 5.41) is 0. The smallest absolute Gasteiger partial charge is 0.261 e. The molecule has 6 nitrogen and oxygen atoms in total. The number of hydrogen-bond acceptors (Lipinski definition) is 4. The Kier molecular flexibility index (Phi) is 4.81. The van der Waals surface area contributed by atoms with Crippen molar-refractivity contribution in [2.24, 2.45) is 0 Å². The third-order valence-electron chi connectivity index (χ3n) is 3.91. The molecule has 134 valence electrons. The van der Waals surface area contributed by atoms with Gasteiger partial charge in [-0.15, -0.1) is 0 Å². The lowest BCUT2D eigenvalue weighted by molar-refractivity contribution is 0.477. The largest absolute Gasteiger partial charge is 0.280 e. The molecule has 0 spiro atoms. The average molecular weight is 384 g/mol. The minimum atomic E-state index is -3.94. The van der Waals surface area contributed by atoms with Crippen molar-refractivity contribution in [3.63, 3.8) is 0 Å². The first-order chi connectivity index (χ1) is 11.8. The molecule has 0 amide bonds. The molecule has 1 N–H and O–H groups in total. The van der Waals surface area contributed by atoms with Crippen molar-refractivity contribution in [1.82, 2.24) is 4.31 Å². The van der Waals surface area contributed by atoms with Crippen molar-refractivity contribution in [2.45, 2.75) is 22.6 Å². The predicted molar refractivity (Wildman–Crippen MR) is 91.6 cm³/mol. The van der Waals surface area contributed by atoms with Crippen LogP contribution in [0.15, 0.2) is 58.3 Å². The monoisotopic (exact) mass is 384 g/mol. The Morgan fingerprint density at radius 3 is 2.08 bits per heavy atom. The predicted octanol–water partition coefficient (Wildman–Crippen LogP) is 2.41. The van der Waals surface area contributed by atoms with E-state index >= 15 is 0 Å². The molecule has 0 aliphatic carbocycles. The highest BCUT2D eigenvalue weighted by Crippen LogP contribution is 2.23. The van der Waals surface area contributed by atoms with Crippen molar-refractivity contribution in [1.29, 1.82) is 0 Å². The zero-order chi connectivity index (χ0) is 18.1. The van der Waals surface area contributed by atoms with Gasteiger partial charge < -0.3 is 0 Å². The second kappa shape index (κ2) is 6.74. The Labute approximate surface area is 146 Å². The van der Waals surface area contributed by atoms with Gasteiger partial charge in [-0.2, -0.15) is 4.31 Å². The van der Waals surface area contributed by atoms with Gasteiger partial charge in [-0.1, -0.05) is 6.07 Å². The van der Waals surface area contributed by atoms with Gasteiger partial charge in [-0.3, -0.25) is 4.72 Å². The highest BCUT2D eigenvalue weighted by molar-refractivity contribution is 7.92. The van der Waals surface area contributed by atoms with Crippen LogP contribution < -0.4 is 4.72 Å². The van der Waals surface area contributed by atoms with E-state index in [9.17, 15) is 21.2 Å². The van der Waals surface area contributed by atoms with Crippen molar-refractivity contribution in [3.8, 4) is 0 Å². The van der Waals surface area contributed by atoms with Gasteiger partial charge in [0.05, 0.1) is 15.5 Å². The quantitative estimate of drug-likeness (QED) is 0.858. The first kappa shape index (κ1) is 17.8. The van der Waals surface area contributed by atoms with E-state index in [4.69, 9.17) is 0 Å². The van der Waals surface area contributed by atoms with Gasteiger partial charge in [0.15, 0.2) is 0 Å². The van der Waals surface area contributed by atoms with Crippen molar-refractivity contribution >= 4 is 25.7 Å². The molecule has 0 aromatic heterocycles. The molecule has 25 heavy (non-hydrogen) atoms. The molecule has 1 saturated heterocycles. The zero-order valence-corrected chi connectivity index (χ0v) is 14.9. The van der Waals surface area contributed by atoms with Crippen LogP contribution in [0.5, 0.6) is 0 Å². The molecule has 0 bridgehead atoms. The molecule has 0 unspecified atom stereocenters. The van der Waals surface area contributed by atoms with Gasteiger partial charge in [0.1, 0.15) is 5.82 Å². The molecule has 1 heterocycles. The van der Waals surface area contributed by atoms with Crippen LogP contribution in [0, 0.1) is 5.82 Å². The molecule has 9 heteroatoms. The number of rotatable bonds is 5. The Morgan fingerprint density at radius 2 is 1.48 bits per heavy atom. The number of nitrogens with zero attached hydrogens (tertiary/aromatic N) is 1. The van der Waals surface area contributed by atoms with Crippen LogP contribution in [0.4, 0.5) is 10.1 Å². The molecule has 2 aromatic carbocycles. The third kappa shape index (κ3) is 3.83. The normalized spacial score (nSPS) is 16.0. The number of nitrogens with one attached hydrogen (secondary N) is 1. The highest BCUT2D eigenvalue weighted by Gasteiger charge is 2.27. The van der Waals surface area contributed by atoms with Crippen LogP contribution in [0.25, 0.3) is 0 Å². The van der Waals surface area contributed by atoms with Crippen LogP contribution in [-0.2, 0) is 20.0 Å². The van der Waals surface area contributed by atoms with Gasteiger partial charge in [-0.25, -0.2) is 21.2 Å². The van der Waals surface area contributed by atoms with Crippen LogP contribution in [-0.4, -0.2) is 34.2 Å². The summed E-state index contributed by atoms with van der Waals surface area (Å²) >= 11 is 0.